The molecule has 2 aliphatic heterocycles. The molecule has 0 amide bonds. The summed E-state index contributed by atoms with van der Waals surface area (Å²) in [4.78, 5) is 0. The zero-order valence-electron chi connectivity index (χ0n) is 12.7. The second kappa shape index (κ2) is 6.81. The van der Waals surface area contributed by atoms with Crippen LogP contribution in [-0.4, -0.2) is 59.8 Å². The van der Waals surface area contributed by atoms with Gasteiger partial charge in [0.15, 0.2) is 0 Å². The molecule has 0 aromatic heterocycles. The number of hydrogen-bond donors (Lipinski definition) is 0. The van der Waals surface area contributed by atoms with E-state index in [9.17, 15) is 0 Å². The number of nitrogens with zero attached hydrogens (tertiary/aromatic N) is 4. The molecule has 0 saturated carbocycles. The molecule has 1 atom stereocenters. The van der Waals surface area contributed by atoms with Crippen molar-refractivity contribution in [3.8, 4) is 0 Å². The summed E-state index contributed by atoms with van der Waals surface area (Å²) >= 11 is 0. The Kier molecular flexibility index (Phi) is 5.69. The van der Waals surface area contributed by atoms with Crippen LogP contribution in [0.2, 0.25) is 0 Å². The van der Waals surface area contributed by atoms with Crippen LogP contribution >= 0.6 is 0 Å². The third-order valence-electron chi connectivity index (χ3n) is 3.61. The standard InChI is InChI=1S/C8H16N2.C6H12N2/c1-5-10-8(3)6-7(2)9(10)4;1-3-8-6-4-5-7(8)2/h6-7H,5H2,1-4H3;4-5H,3,6H2,1-2H3. The minimum atomic E-state index is 0.569. The Bertz CT molecular complexity index is 311. The average molecular weight is 252 g/mol. The number of hydrazine groups is 2. The monoisotopic (exact) mass is 252 g/mol. The first-order chi connectivity index (χ1) is 8.51. The molecule has 0 N–H and O–H groups in total. The summed E-state index contributed by atoms with van der Waals surface area (Å²) in [6, 6.07) is 0.569. The van der Waals surface area contributed by atoms with Crippen molar-refractivity contribution in [1.82, 2.24) is 20.0 Å². The van der Waals surface area contributed by atoms with E-state index in [0.29, 0.717) is 6.04 Å². The second-order valence-corrected chi connectivity index (χ2v) is 4.80. The van der Waals surface area contributed by atoms with E-state index in [-0.39, 0.29) is 0 Å². The average Bonchev–Trinajstić information content (AvgIpc) is 2.85. The SMILES string of the molecule is CCN1C(C)=CC(C)N1C.CCN1CC=CN1C. The van der Waals surface area contributed by atoms with Gasteiger partial charge in [-0.3, -0.25) is 0 Å². The summed E-state index contributed by atoms with van der Waals surface area (Å²) in [5.74, 6) is 0. The fourth-order valence-electron chi connectivity index (χ4n) is 2.38. The van der Waals surface area contributed by atoms with Crippen LogP contribution in [0.4, 0.5) is 0 Å². The molecule has 2 heterocycles. The molecule has 104 valence electrons. The van der Waals surface area contributed by atoms with E-state index in [0.717, 1.165) is 19.6 Å². The fraction of sp³-hybridized carbons (Fsp3) is 0.714. The molecule has 1 unspecified atom stereocenters. The predicted octanol–water partition coefficient (Wildman–Crippen LogP) is 2.14. The normalized spacial score (nSPS) is 24.3. The van der Waals surface area contributed by atoms with Crippen LogP contribution in [0.25, 0.3) is 0 Å². The van der Waals surface area contributed by atoms with Crippen LogP contribution < -0.4 is 0 Å². The van der Waals surface area contributed by atoms with Crippen molar-refractivity contribution in [2.45, 2.75) is 33.7 Å². The maximum Gasteiger partial charge on any atom is 0.0461 e. The maximum atomic E-state index is 2.28. The van der Waals surface area contributed by atoms with Gasteiger partial charge in [-0.05, 0) is 26.8 Å². The first-order valence-corrected chi connectivity index (χ1v) is 6.84. The van der Waals surface area contributed by atoms with Crippen LogP contribution in [0.3, 0.4) is 0 Å². The summed E-state index contributed by atoms with van der Waals surface area (Å²) < 4.78 is 0. The van der Waals surface area contributed by atoms with E-state index in [1.54, 1.807) is 0 Å². The number of allylic oxidation sites excluding steroid dienone is 1. The van der Waals surface area contributed by atoms with Crippen LogP contribution in [0.15, 0.2) is 24.0 Å². The van der Waals surface area contributed by atoms with Gasteiger partial charge in [0.25, 0.3) is 0 Å². The lowest BCUT2D eigenvalue weighted by molar-refractivity contribution is 0.0465. The number of rotatable bonds is 2. The highest BCUT2D eigenvalue weighted by Crippen LogP contribution is 2.18. The van der Waals surface area contributed by atoms with E-state index in [1.165, 1.54) is 5.70 Å². The van der Waals surface area contributed by atoms with E-state index in [4.69, 9.17) is 0 Å². The molecule has 0 radical (unpaired) electrons. The summed E-state index contributed by atoms with van der Waals surface area (Å²) in [6.45, 7) is 11.9. The summed E-state index contributed by atoms with van der Waals surface area (Å²) in [5, 5.41) is 8.90. The van der Waals surface area contributed by atoms with Crippen molar-refractivity contribution in [2.75, 3.05) is 33.7 Å². The van der Waals surface area contributed by atoms with Crippen molar-refractivity contribution < 1.29 is 0 Å². The number of likely N-dealkylation sites (N-methyl/N-ethyl adjacent to an activating group) is 2. The molecule has 0 aromatic carbocycles. The summed E-state index contributed by atoms with van der Waals surface area (Å²) in [7, 11) is 4.19. The fourth-order valence-corrected chi connectivity index (χ4v) is 2.38. The molecule has 2 rings (SSSR count). The van der Waals surface area contributed by atoms with Crippen LogP contribution in [0, 0.1) is 0 Å². The van der Waals surface area contributed by atoms with Crippen LogP contribution in [0.5, 0.6) is 0 Å². The lowest BCUT2D eigenvalue weighted by Gasteiger charge is -2.29. The maximum absolute atomic E-state index is 2.28. The molecule has 0 aromatic rings. The first-order valence-electron chi connectivity index (χ1n) is 6.84. The second-order valence-electron chi connectivity index (χ2n) is 4.80. The minimum Gasteiger partial charge on any atom is -0.316 e. The molecule has 0 saturated heterocycles. The predicted molar refractivity (Wildman–Crippen MR) is 77.5 cm³/mol. The van der Waals surface area contributed by atoms with Gasteiger partial charge in [-0.2, -0.15) is 0 Å². The highest BCUT2D eigenvalue weighted by atomic mass is 15.6. The van der Waals surface area contributed by atoms with Crippen LogP contribution in [0.1, 0.15) is 27.7 Å². The number of hydrogen-bond acceptors (Lipinski definition) is 4. The topological polar surface area (TPSA) is 13.0 Å². The van der Waals surface area contributed by atoms with Gasteiger partial charge in [-0.25, -0.2) is 10.0 Å². The van der Waals surface area contributed by atoms with Gasteiger partial charge < -0.3 is 10.0 Å². The Morgan fingerprint density at radius 1 is 1.22 bits per heavy atom. The Labute approximate surface area is 112 Å². The first kappa shape index (κ1) is 15.1. The van der Waals surface area contributed by atoms with Crippen molar-refractivity contribution in [2.24, 2.45) is 0 Å². The lowest BCUT2D eigenvalue weighted by Crippen LogP contribution is -2.37. The molecular weight excluding hydrogens is 224 g/mol. The molecule has 18 heavy (non-hydrogen) atoms. The quantitative estimate of drug-likeness (QED) is 0.746. The smallest absolute Gasteiger partial charge is 0.0461 e. The van der Waals surface area contributed by atoms with Crippen molar-refractivity contribution >= 4 is 0 Å². The highest BCUT2D eigenvalue weighted by Gasteiger charge is 2.21. The van der Waals surface area contributed by atoms with E-state index < -0.39 is 0 Å². The van der Waals surface area contributed by atoms with E-state index in [1.807, 2.05) is 0 Å². The Morgan fingerprint density at radius 3 is 2.11 bits per heavy atom. The van der Waals surface area contributed by atoms with Crippen molar-refractivity contribution in [1.29, 1.82) is 0 Å². The Morgan fingerprint density at radius 2 is 1.89 bits per heavy atom. The molecule has 0 fully saturated rings. The zero-order valence-corrected chi connectivity index (χ0v) is 12.7. The third kappa shape index (κ3) is 3.50. The molecular formula is C14H28N4. The van der Waals surface area contributed by atoms with Gasteiger partial charge in [-0.1, -0.05) is 13.0 Å². The van der Waals surface area contributed by atoms with Gasteiger partial charge >= 0.3 is 0 Å². The molecule has 2 aliphatic rings. The third-order valence-corrected chi connectivity index (χ3v) is 3.61. The van der Waals surface area contributed by atoms with Gasteiger partial charge in [0.1, 0.15) is 0 Å². The summed E-state index contributed by atoms with van der Waals surface area (Å²) in [5.41, 5.74) is 1.37. The molecule has 4 heteroatoms. The Hall–Kier alpha value is -1.00. The van der Waals surface area contributed by atoms with Gasteiger partial charge in [0.2, 0.25) is 0 Å². The van der Waals surface area contributed by atoms with E-state index >= 15 is 0 Å². The zero-order chi connectivity index (χ0) is 13.7. The van der Waals surface area contributed by atoms with Crippen LogP contribution in [-0.2, 0) is 0 Å². The molecule has 0 spiro atoms. The summed E-state index contributed by atoms with van der Waals surface area (Å²) in [6.07, 6.45) is 6.52. The Balaban J connectivity index is 0.000000184. The van der Waals surface area contributed by atoms with E-state index in [2.05, 4.69) is 80.2 Å². The van der Waals surface area contributed by atoms with Gasteiger partial charge in [0, 0.05) is 51.7 Å². The lowest BCUT2D eigenvalue weighted by atomic mass is 10.3. The van der Waals surface area contributed by atoms with Gasteiger partial charge in [-0.15, -0.1) is 0 Å². The minimum absolute atomic E-state index is 0.569. The van der Waals surface area contributed by atoms with Crippen molar-refractivity contribution in [3.63, 3.8) is 0 Å². The van der Waals surface area contributed by atoms with Crippen molar-refractivity contribution in [3.05, 3.63) is 24.0 Å². The molecule has 0 bridgehead atoms. The van der Waals surface area contributed by atoms with Gasteiger partial charge in [0.05, 0.1) is 0 Å². The molecule has 4 nitrogen and oxygen atoms in total. The molecule has 0 aliphatic carbocycles. The highest BCUT2D eigenvalue weighted by molar-refractivity contribution is 5.07. The largest absolute Gasteiger partial charge is 0.316 e.